The highest BCUT2D eigenvalue weighted by atomic mass is 32.2. The molecule has 0 radical (unpaired) electrons. The van der Waals surface area contributed by atoms with Gasteiger partial charge in [0.05, 0.1) is 0 Å². The van der Waals surface area contributed by atoms with Crippen molar-refractivity contribution >= 4 is 11.8 Å². The van der Waals surface area contributed by atoms with E-state index in [0.29, 0.717) is 6.04 Å². The van der Waals surface area contributed by atoms with E-state index in [4.69, 9.17) is 0 Å². The minimum atomic E-state index is 0.481. The molecule has 2 heterocycles. The Balaban J connectivity index is 1.60. The maximum Gasteiger partial charge on any atom is 0.132 e. The van der Waals surface area contributed by atoms with E-state index >= 15 is 0 Å². The van der Waals surface area contributed by atoms with Crippen molar-refractivity contribution < 1.29 is 0 Å². The van der Waals surface area contributed by atoms with Crippen molar-refractivity contribution in [2.24, 2.45) is 0 Å². The molecule has 2 aromatic rings. The third-order valence-corrected chi connectivity index (χ3v) is 4.84. The predicted octanol–water partition coefficient (Wildman–Crippen LogP) is 2.67. The van der Waals surface area contributed by atoms with Crippen LogP contribution in [0.1, 0.15) is 30.8 Å². The highest BCUT2D eigenvalue weighted by Crippen LogP contribution is 2.35. The Kier molecular flexibility index (Phi) is 4.38. The zero-order valence-corrected chi connectivity index (χ0v) is 12.6. The lowest BCUT2D eigenvalue weighted by Gasteiger charge is -2.26. The third kappa shape index (κ3) is 2.88. The Hall–Kier alpha value is -1.33. The molecule has 1 aromatic heterocycles. The Morgan fingerprint density at radius 3 is 3.20 bits per heavy atom. The molecule has 4 nitrogen and oxygen atoms in total. The van der Waals surface area contributed by atoms with Gasteiger partial charge in [0.1, 0.15) is 12.2 Å². The van der Waals surface area contributed by atoms with E-state index in [1.807, 2.05) is 18.1 Å². The summed E-state index contributed by atoms with van der Waals surface area (Å²) >= 11 is 1.96. The molecule has 0 spiro atoms. The molecule has 0 unspecified atom stereocenters. The first kappa shape index (κ1) is 13.6. The van der Waals surface area contributed by atoms with E-state index in [1.54, 1.807) is 0 Å². The van der Waals surface area contributed by atoms with Crippen LogP contribution in [0.15, 0.2) is 35.5 Å². The largest absolute Gasteiger partial charge is 0.316 e. The van der Waals surface area contributed by atoms with Gasteiger partial charge in [-0.15, -0.1) is 22.0 Å². The smallest absolute Gasteiger partial charge is 0.132 e. The van der Waals surface area contributed by atoms with Crippen LogP contribution in [0.4, 0.5) is 0 Å². The fourth-order valence-corrected chi connectivity index (χ4v) is 3.78. The van der Waals surface area contributed by atoms with Crippen LogP contribution < -0.4 is 5.32 Å². The lowest BCUT2D eigenvalue weighted by atomic mass is 10.0. The zero-order chi connectivity index (χ0) is 13.8. The summed E-state index contributed by atoms with van der Waals surface area (Å²) in [6.07, 6.45) is 3.96. The van der Waals surface area contributed by atoms with Crippen LogP contribution in [0, 0.1) is 0 Å². The Labute approximate surface area is 124 Å². The van der Waals surface area contributed by atoms with Crippen LogP contribution in [-0.2, 0) is 13.0 Å². The molecule has 1 aliphatic rings. The predicted molar refractivity (Wildman–Crippen MR) is 81.9 cm³/mol. The van der Waals surface area contributed by atoms with Crippen LogP contribution in [-0.4, -0.2) is 27.1 Å². The van der Waals surface area contributed by atoms with E-state index in [-0.39, 0.29) is 0 Å². The van der Waals surface area contributed by atoms with Crippen molar-refractivity contribution in [3.8, 4) is 0 Å². The minimum absolute atomic E-state index is 0.481. The van der Waals surface area contributed by atoms with Crippen LogP contribution >= 0.6 is 11.8 Å². The molecule has 0 fully saturated rings. The number of aromatic nitrogens is 3. The summed E-state index contributed by atoms with van der Waals surface area (Å²) in [7, 11) is 0. The van der Waals surface area contributed by atoms with Gasteiger partial charge in [0, 0.05) is 30.4 Å². The van der Waals surface area contributed by atoms with Gasteiger partial charge in [-0.2, -0.15) is 0 Å². The first-order valence-electron chi connectivity index (χ1n) is 7.20. The lowest BCUT2D eigenvalue weighted by molar-refractivity contribution is 0.481. The second kappa shape index (κ2) is 6.41. The minimum Gasteiger partial charge on any atom is -0.316 e. The molecule has 20 heavy (non-hydrogen) atoms. The second-order valence-electron chi connectivity index (χ2n) is 4.98. The van der Waals surface area contributed by atoms with Gasteiger partial charge >= 0.3 is 0 Å². The molecule has 0 bridgehead atoms. The maximum atomic E-state index is 4.12. The number of benzene rings is 1. The molecule has 0 amide bonds. The van der Waals surface area contributed by atoms with Gasteiger partial charge in [0.2, 0.25) is 0 Å². The number of nitrogens with zero attached hydrogens (tertiary/aromatic N) is 3. The topological polar surface area (TPSA) is 42.7 Å². The number of thioether (sulfide) groups is 1. The number of nitrogens with one attached hydrogen (secondary N) is 1. The first-order chi connectivity index (χ1) is 9.88. The van der Waals surface area contributed by atoms with E-state index in [0.717, 1.165) is 25.3 Å². The molecule has 1 aromatic carbocycles. The molecule has 1 aliphatic heterocycles. The highest BCUT2D eigenvalue weighted by Gasteiger charge is 2.19. The summed E-state index contributed by atoms with van der Waals surface area (Å²) in [5, 5.41) is 11.8. The Bertz CT molecular complexity index is 567. The molecule has 0 saturated carbocycles. The average molecular weight is 288 g/mol. The van der Waals surface area contributed by atoms with Crippen molar-refractivity contribution in [2.45, 2.75) is 37.2 Å². The standard InChI is InChI=1S/C15H20N4S/c1-2-15-18-17-11-19(15)9-8-16-13-7-10-20-14-6-4-3-5-12(13)14/h3-6,11,13,16H,2,7-10H2,1H3/t13-/m1/s1. The normalized spacial score (nSPS) is 17.9. The summed E-state index contributed by atoms with van der Waals surface area (Å²) < 4.78 is 2.14. The Morgan fingerprint density at radius 1 is 1.40 bits per heavy atom. The summed E-state index contributed by atoms with van der Waals surface area (Å²) in [6.45, 7) is 4.00. The van der Waals surface area contributed by atoms with Crippen molar-refractivity contribution in [3.05, 3.63) is 42.0 Å². The van der Waals surface area contributed by atoms with Crippen LogP contribution in [0.5, 0.6) is 0 Å². The average Bonchev–Trinajstić information content (AvgIpc) is 2.95. The van der Waals surface area contributed by atoms with Gasteiger partial charge in [-0.3, -0.25) is 0 Å². The molecule has 5 heteroatoms. The number of hydrogen-bond donors (Lipinski definition) is 1. The fourth-order valence-electron chi connectivity index (χ4n) is 2.65. The van der Waals surface area contributed by atoms with Crippen LogP contribution in [0.3, 0.4) is 0 Å². The molecule has 0 aliphatic carbocycles. The van der Waals surface area contributed by atoms with Gasteiger partial charge in [-0.1, -0.05) is 25.1 Å². The van der Waals surface area contributed by atoms with Crippen LogP contribution in [0.2, 0.25) is 0 Å². The number of hydrogen-bond acceptors (Lipinski definition) is 4. The number of aryl methyl sites for hydroxylation is 1. The molecule has 1 N–H and O–H groups in total. The van der Waals surface area contributed by atoms with Crippen molar-refractivity contribution in [2.75, 3.05) is 12.3 Å². The molecule has 0 saturated heterocycles. The van der Waals surface area contributed by atoms with Gasteiger partial charge in [-0.05, 0) is 23.8 Å². The van der Waals surface area contributed by atoms with Gasteiger partial charge < -0.3 is 9.88 Å². The molecule has 106 valence electrons. The van der Waals surface area contributed by atoms with Crippen molar-refractivity contribution in [3.63, 3.8) is 0 Å². The fraction of sp³-hybridized carbons (Fsp3) is 0.467. The van der Waals surface area contributed by atoms with Gasteiger partial charge in [-0.25, -0.2) is 0 Å². The van der Waals surface area contributed by atoms with Gasteiger partial charge in [0.25, 0.3) is 0 Å². The van der Waals surface area contributed by atoms with E-state index in [9.17, 15) is 0 Å². The quantitative estimate of drug-likeness (QED) is 0.918. The first-order valence-corrected chi connectivity index (χ1v) is 8.19. The Morgan fingerprint density at radius 2 is 2.30 bits per heavy atom. The summed E-state index contributed by atoms with van der Waals surface area (Å²) in [5.74, 6) is 2.26. The second-order valence-corrected chi connectivity index (χ2v) is 6.11. The summed E-state index contributed by atoms with van der Waals surface area (Å²) in [5.41, 5.74) is 1.45. The zero-order valence-electron chi connectivity index (χ0n) is 11.7. The monoisotopic (exact) mass is 288 g/mol. The molecule has 1 atom stereocenters. The number of fused-ring (bicyclic) bond motifs is 1. The lowest BCUT2D eigenvalue weighted by Crippen LogP contribution is -2.28. The highest BCUT2D eigenvalue weighted by molar-refractivity contribution is 7.99. The third-order valence-electron chi connectivity index (χ3n) is 3.71. The van der Waals surface area contributed by atoms with E-state index < -0.39 is 0 Å². The molecular weight excluding hydrogens is 268 g/mol. The van der Waals surface area contributed by atoms with E-state index in [1.165, 1.54) is 22.6 Å². The molecular formula is C15H20N4S. The maximum absolute atomic E-state index is 4.12. The SMILES string of the molecule is CCc1nncn1CCN[C@@H]1CCSc2ccccc21. The summed E-state index contributed by atoms with van der Waals surface area (Å²) in [4.78, 5) is 1.43. The number of rotatable bonds is 5. The van der Waals surface area contributed by atoms with E-state index in [2.05, 4.69) is 51.3 Å². The van der Waals surface area contributed by atoms with Crippen molar-refractivity contribution in [1.82, 2.24) is 20.1 Å². The van der Waals surface area contributed by atoms with Gasteiger partial charge in [0.15, 0.2) is 0 Å². The molecule has 3 rings (SSSR count). The van der Waals surface area contributed by atoms with Crippen LogP contribution in [0.25, 0.3) is 0 Å². The van der Waals surface area contributed by atoms with Crippen molar-refractivity contribution in [1.29, 1.82) is 0 Å². The summed E-state index contributed by atoms with van der Waals surface area (Å²) in [6, 6.07) is 9.21.